The van der Waals surface area contributed by atoms with E-state index < -0.39 is 5.41 Å². The van der Waals surface area contributed by atoms with Gasteiger partial charge in [0.15, 0.2) is 5.82 Å². The number of imidazole rings is 1. The summed E-state index contributed by atoms with van der Waals surface area (Å²) in [6.07, 6.45) is 19.3. The van der Waals surface area contributed by atoms with E-state index >= 15 is 4.79 Å². The Morgan fingerprint density at radius 2 is 1.60 bits per heavy atom. The summed E-state index contributed by atoms with van der Waals surface area (Å²) < 4.78 is 2.20. The SMILES string of the molecule is CC(C)n1cnc2cc(-c3ccc4c(c3)N(C3CC(N5CCCCC5)C3)C(=O)C43CCN(C(=O)[C@@H]4CCC[C@H](NC(=O)CC5CCN(c6ccc([C@H]7CCC(=O)NC7=O)cn6)CC5)C4)CC3)nc(NC3CC3)c21. The third-order valence-electron chi connectivity index (χ3n) is 18.2. The molecule has 0 unspecified atom stereocenters. The van der Waals surface area contributed by atoms with E-state index in [2.05, 4.69) is 78.3 Å². The quantitative estimate of drug-likeness (QED) is 0.121. The van der Waals surface area contributed by atoms with Gasteiger partial charge in [-0.2, -0.15) is 0 Å². The van der Waals surface area contributed by atoms with Crippen molar-refractivity contribution in [3.05, 3.63) is 60.0 Å². The minimum absolute atomic E-state index is 0.0255. The van der Waals surface area contributed by atoms with Crippen molar-refractivity contribution in [2.75, 3.05) is 54.4 Å². The molecule has 1 aromatic carbocycles. The standard InChI is InChI=1S/C57H73N11O5/c1-35(2)67-34-59-47-32-46(62-53(52(47)67)61-40-11-12-40)37-9-14-45-48(29-37)68(43-30-42(31-43)64-21-4-3-5-22-64)56(73)57(45)19-25-66(26-20-57)55(72)38-7-6-8-41(28-38)60-51(70)27-36-17-23-65(24-18-36)49-15-10-39(33-58-49)44-13-16-50(69)63-54(44)71/h9-10,14-15,29,32-36,38,40-44H,3-8,11-13,16-28,30-31H2,1-2H3,(H,60,70)(H,61,62)(H,63,69,71)/t38-,41+,42?,43?,44-/m1/s1. The Bertz CT molecular complexity index is 2760. The van der Waals surface area contributed by atoms with Crippen LogP contribution in [0.3, 0.4) is 0 Å². The van der Waals surface area contributed by atoms with Gasteiger partial charge in [0.1, 0.15) is 11.3 Å². The van der Waals surface area contributed by atoms with Crippen LogP contribution in [0.4, 0.5) is 17.3 Å². The molecule has 3 aliphatic carbocycles. The highest BCUT2D eigenvalue weighted by Gasteiger charge is 2.56. The van der Waals surface area contributed by atoms with E-state index in [-0.39, 0.29) is 65.4 Å². The van der Waals surface area contributed by atoms with Crippen molar-refractivity contribution in [2.45, 2.75) is 171 Å². The molecule has 1 spiro atoms. The molecule has 12 rings (SSSR count). The number of carbonyl (C=O) groups is 5. The van der Waals surface area contributed by atoms with Gasteiger partial charge in [0, 0.05) is 92.6 Å². The van der Waals surface area contributed by atoms with Crippen molar-refractivity contribution < 1.29 is 24.0 Å². The minimum atomic E-state index is -0.676. The molecule has 5 aliphatic heterocycles. The number of carbonyl (C=O) groups excluding carboxylic acids is 5. The monoisotopic (exact) mass is 992 g/mol. The van der Waals surface area contributed by atoms with Crippen molar-refractivity contribution in [3.8, 4) is 11.3 Å². The lowest BCUT2D eigenvalue weighted by Crippen LogP contribution is -2.58. The summed E-state index contributed by atoms with van der Waals surface area (Å²) in [6.45, 7) is 9.33. The van der Waals surface area contributed by atoms with Crippen LogP contribution in [0.2, 0.25) is 0 Å². The fraction of sp³-hybridized carbons (Fsp3) is 0.614. The first kappa shape index (κ1) is 48.1. The summed E-state index contributed by atoms with van der Waals surface area (Å²) in [5.74, 6) is 1.46. The van der Waals surface area contributed by atoms with E-state index in [4.69, 9.17) is 9.97 Å². The van der Waals surface area contributed by atoms with E-state index in [1.807, 2.05) is 23.4 Å². The molecule has 3 N–H and O–H groups in total. The summed E-state index contributed by atoms with van der Waals surface area (Å²) >= 11 is 0. The number of aromatic nitrogens is 4. The maximum absolute atomic E-state index is 15.3. The van der Waals surface area contributed by atoms with Gasteiger partial charge in [-0.05, 0) is 152 Å². The number of piperidine rings is 4. The van der Waals surface area contributed by atoms with Crippen molar-refractivity contribution in [1.29, 1.82) is 0 Å². The van der Waals surface area contributed by atoms with E-state index in [0.29, 0.717) is 63.7 Å². The Labute approximate surface area is 428 Å². The van der Waals surface area contributed by atoms with Crippen molar-refractivity contribution >= 4 is 57.9 Å². The third-order valence-corrected chi connectivity index (χ3v) is 18.2. The zero-order chi connectivity index (χ0) is 50.0. The molecule has 0 radical (unpaired) electrons. The third kappa shape index (κ3) is 9.39. The molecule has 7 fully saturated rings. The maximum atomic E-state index is 15.3. The van der Waals surface area contributed by atoms with Crippen LogP contribution in [0.5, 0.6) is 0 Å². The minimum Gasteiger partial charge on any atom is -0.366 e. The van der Waals surface area contributed by atoms with Gasteiger partial charge in [-0.25, -0.2) is 15.0 Å². The summed E-state index contributed by atoms with van der Waals surface area (Å²) in [5.41, 5.74) is 6.06. The predicted octanol–water partition coefficient (Wildman–Crippen LogP) is 7.37. The van der Waals surface area contributed by atoms with Gasteiger partial charge >= 0.3 is 0 Å². The molecule has 8 heterocycles. The molecule has 4 saturated heterocycles. The molecule has 386 valence electrons. The Kier molecular flexibility index (Phi) is 13.0. The predicted molar refractivity (Wildman–Crippen MR) is 280 cm³/mol. The van der Waals surface area contributed by atoms with Gasteiger partial charge in [0.25, 0.3) is 0 Å². The number of likely N-dealkylation sites (tertiary alicyclic amines) is 2. The molecule has 3 aromatic heterocycles. The van der Waals surface area contributed by atoms with Gasteiger partial charge in [0.2, 0.25) is 29.5 Å². The van der Waals surface area contributed by atoms with Crippen LogP contribution in [0.15, 0.2) is 48.9 Å². The highest BCUT2D eigenvalue weighted by molar-refractivity contribution is 6.09. The Hall–Kier alpha value is -5.90. The second-order valence-corrected chi connectivity index (χ2v) is 23.3. The molecular formula is C57H73N11O5. The number of nitrogens with one attached hydrogen (secondary N) is 3. The summed E-state index contributed by atoms with van der Waals surface area (Å²) in [7, 11) is 0. The van der Waals surface area contributed by atoms with Gasteiger partial charge in [-0.3, -0.25) is 29.3 Å². The first-order valence-electron chi connectivity index (χ1n) is 28.0. The van der Waals surface area contributed by atoms with Crippen LogP contribution >= 0.6 is 0 Å². The Morgan fingerprint density at radius 1 is 0.808 bits per heavy atom. The lowest BCUT2D eigenvalue weighted by Gasteiger charge is -2.48. The van der Waals surface area contributed by atoms with Crippen LogP contribution in [-0.2, 0) is 29.4 Å². The second kappa shape index (κ2) is 19.7. The normalized spacial score (nSPS) is 26.8. The first-order chi connectivity index (χ1) is 35.5. The molecule has 4 aromatic rings. The largest absolute Gasteiger partial charge is 0.366 e. The van der Waals surface area contributed by atoms with E-state index in [0.717, 1.165) is 135 Å². The molecule has 5 amide bonds. The number of hydrogen-bond donors (Lipinski definition) is 3. The molecule has 3 atom stereocenters. The number of fused-ring (bicyclic) bond motifs is 3. The Morgan fingerprint density at radius 3 is 2.33 bits per heavy atom. The van der Waals surface area contributed by atoms with Gasteiger partial charge in [0.05, 0.1) is 28.9 Å². The number of hydrogen-bond acceptors (Lipinski definition) is 11. The average Bonchev–Trinajstić information content (AvgIpc) is 4.06. The summed E-state index contributed by atoms with van der Waals surface area (Å²) in [5, 5.41) is 9.48. The topological polar surface area (TPSA) is 178 Å². The van der Waals surface area contributed by atoms with Crippen molar-refractivity contribution in [2.24, 2.45) is 11.8 Å². The summed E-state index contributed by atoms with van der Waals surface area (Å²) in [4.78, 5) is 91.0. The number of pyridine rings is 2. The molecule has 16 heteroatoms. The molecule has 73 heavy (non-hydrogen) atoms. The van der Waals surface area contributed by atoms with Crippen LogP contribution in [0.1, 0.15) is 153 Å². The maximum Gasteiger partial charge on any atom is 0.238 e. The van der Waals surface area contributed by atoms with Gasteiger partial charge in [-0.15, -0.1) is 0 Å². The second-order valence-electron chi connectivity index (χ2n) is 23.3. The molecule has 3 saturated carbocycles. The Balaban J connectivity index is 0.685. The molecule has 8 aliphatic rings. The lowest BCUT2D eigenvalue weighted by molar-refractivity contribution is -0.141. The number of benzene rings is 1. The molecule has 0 bridgehead atoms. The van der Waals surface area contributed by atoms with Crippen LogP contribution in [0, 0.1) is 11.8 Å². The van der Waals surface area contributed by atoms with E-state index in [1.54, 1.807) is 6.20 Å². The zero-order valence-electron chi connectivity index (χ0n) is 42.8. The van der Waals surface area contributed by atoms with E-state index in [9.17, 15) is 19.2 Å². The first-order valence-corrected chi connectivity index (χ1v) is 28.0. The number of anilines is 3. The van der Waals surface area contributed by atoms with Crippen LogP contribution in [-0.4, -0.2) is 122 Å². The highest BCUT2D eigenvalue weighted by Crippen LogP contribution is 2.52. The van der Waals surface area contributed by atoms with Gasteiger partial charge in [-0.1, -0.05) is 31.0 Å². The number of nitrogens with zero attached hydrogens (tertiary/aromatic N) is 8. The summed E-state index contributed by atoms with van der Waals surface area (Å²) in [6, 6.07) is 13.9. The van der Waals surface area contributed by atoms with Crippen LogP contribution in [0.25, 0.3) is 22.3 Å². The average molecular weight is 992 g/mol. The number of rotatable bonds is 12. The van der Waals surface area contributed by atoms with Crippen molar-refractivity contribution in [3.63, 3.8) is 0 Å². The lowest BCUT2D eigenvalue weighted by atomic mass is 9.73. The van der Waals surface area contributed by atoms with Gasteiger partial charge < -0.3 is 34.8 Å². The zero-order valence-corrected chi connectivity index (χ0v) is 42.8. The van der Waals surface area contributed by atoms with E-state index in [1.165, 1.54) is 19.3 Å². The smallest absolute Gasteiger partial charge is 0.238 e. The molecular weight excluding hydrogens is 919 g/mol. The fourth-order valence-electron chi connectivity index (χ4n) is 13.7. The van der Waals surface area contributed by atoms with Crippen LogP contribution < -0.4 is 25.8 Å². The van der Waals surface area contributed by atoms with Crippen molar-refractivity contribution in [1.82, 2.24) is 40.0 Å². The number of amides is 5. The molecule has 16 nitrogen and oxygen atoms in total. The number of imide groups is 1. The fourth-order valence-corrected chi connectivity index (χ4v) is 13.7. The highest BCUT2D eigenvalue weighted by atomic mass is 16.2.